The first kappa shape index (κ1) is 38.1. The fourth-order valence-corrected chi connectivity index (χ4v) is 3.17. The van der Waals surface area contributed by atoms with E-state index in [4.69, 9.17) is 10.1 Å². The number of para-hydroxylation sites is 1. The Balaban J connectivity index is 0. The molecule has 1 fully saturated rings. The maximum absolute atomic E-state index is 11.5. The summed E-state index contributed by atoms with van der Waals surface area (Å²) < 4.78 is 0. The molecule has 1 aliphatic heterocycles. The summed E-state index contributed by atoms with van der Waals surface area (Å²) in [5.74, 6) is 1.15. The first-order valence-electron chi connectivity index (χ1n) is 13.4. The monoisotopic (exact) mass is 553 g/mol. The van der Waals surface area contributed by atoms with Gasteiger partial charge in [-0.2, -0.15) is 5.26 Å². The Hall–Kier alpha value is -4.03. The second-order valence-electron chi connectivity index (χ2n) is 9.52. The average molecular weight is 554 g/mol. The summed E-state index contributed by atoms with van der Waals surface area (Å²) in [4.78, 5) is 42.2. The van der Waals surface area contributed by atoms with Crippen LogP contribution in [0.4, 0.5) is 5.69 Å². The average Bonchev–Trinajstić information content (AvgIpc) is 3.34. The van der Waals surface area contributed by atoms with E-state index >= 15 is 0 Å². The maximum atomic E-state index is 11.5. The Bertz CT molecular complexity index is 946. The van der Waals surface area contributed by atoms with E-state index in [9.17, 15) is 14.4 Å². The van der Waals surface area contributed by atoms with E-state index in [1.54, 1.807) is 11.9 Å². The topological polar surface area (TPSA) is 131 Å². The second kappa shape index (κ2) is 26.6. The molecule has 1 heterocycles. The van der Waals surface area contributed by atoms with Gasteiger partial charge in [0.2, 0.25) is 18.7 Å². The van der Waals surface area contributed by atoms with Crippen molar-refractivity contribution in [1.29, 1.82) is 5.26 Å². The number of hydrogen-bond donors (Lipinski definition) is 3. The number of carbonyl (C=O) groups excluding carboxylic acids is 4. The number of nitriles is 1. The van der Waals surface area contributed by atoms with Gasteiger partial charge >= 0.3 is 0 Å². The number of carbonyl (C=O) groups is 4. The van der Waals surface area contributed by atoms with Crippen LogP contribution in [-0.4, -0.2) is 56.6 Å². The molecule has 0 aromatic heterocycles. The molecule has 0 bridgehead atoms. The summed E-state index contributed by atoms with van der Waals surface area (Å²) in [6.45, 7) is 10.1. The molecule has 2 atom stereocenters. The third-order valence-corrected chi connectivity index (χ3v) is 4.80. The van der Waals surface area contributed by atoms with Gasteiger partial charge in [-0.3, -0.25) is 14.4 Å². The first-order chi connectivity index (χ1) is 19.2. The fraction of sp³-hybridized carbons (Fsp3) is 0.452. The number of anilines is 1. The number of aldehydes is 1. The van der Waals surface area contributed by atoms with Crippen molar-refractivity contribution in [2.75, 3.05) is 26.0 Å². The summed E-state index contributed by atoms with van der Waals surface area (Å²) in [5, 5.41) is 16.7. The number of hydrogen-bond acceptors (Lipinski definition) is 6. The van der Waals surface area contributed by atoms with Crippen LogP contribution in [0.1, 0.15) is 52.5 Å². The number of likely N-dealkylation sites (tertiary alicyclic amines) is 1. The van der Waals surface area contributed by atoms with Crippen LogP contribution in [-0.2, 0) is 25.7 Å². The van der Waals surface area contributed by atoms with Crippen LogP contribution in [0.25, 0.3) is 0 Å². The van der Waals surface area contributed by atoms with Gasteiger partial charge in [0.05, 0.1) is 6.07 Å². The van der Waals surface area contributed by atoms with Crippen molar-refractivity contribution >= 4 is 30.7 Å². The number of rotatable bonds is 8. The largest absolute Gasteiger partial charge is 0.362 e. The van der Waals surface area contributed by atoms with Crippen molar-refractivity contribution in [2.24, 2.45) is 11.8 Å². The highest BCUT2D eigenvalue weighted by Crippen LogP contribution is 2.23. The molecule has 9 nitrogen and oxygen atoms in total. The predicted octanol–water partition coefficient (Wildman–Crippen LogP) is 4.41. The van der Waals surface area contributed by atoms with E-state index in [-0.39, 0.29) is 24.8 Å². The van der Waals surface area contributed by atoms with Gasteiger partial charge in [-0.1, -0.05) is 76.2 Å². The van der Waals surface area contributed by atoms with Crippen LogP contribution < -0.4 is 16.0 Å². The van der Waals surface area contributed by atoms with E-state index in [0.717, 1.165) is 30.9 Å². The summed E-state index contributed by atoms with van der Waals surface area (Å²) in [6, 6.07) is 21.5. The van der Waals surface area contributed by atoms with Gasteiger partial charge in [0.15, 0.2) is 0 Å². The molecule has 2 unspecified atom stereocenters. The van der Waals surface area contributed by atoms with Gasteiger partial charge in [-0.05, 0) is 43.0 Å². The molecular weight excluding hydrogens is 506 g/mol. The highest BCUT2D eigenvalue weighted by atomic mass is 16.2. The predicted molar refractivity (Wildman–Crippen MR) is 161 cm³/mol. The van der Waals surface area contributed by atoms with Crippen LogP contribution in [0.15, 0.2) is 60.7 Å². The molecule has 40 heavy (non-hydrogen) atoms. The number of amides is 3. The summed E-state index contributed by atoms with van der Waals surface area (Å²) in [6.07, 6.45) is 3.26. The molecule has 3 rings (SSSR count). The van der Waals surface area contributed by atoms with Gasteiger partial charge in [-0.25, -0.2) is 0 Å². The van der Waals surface area contributed by atoms with Crippen LogP contribution >= 0.6 is 0 Å². The molecule has 2 aromatic rings. The van der Waals surface area contributed by atoms with Gasteiger partial charge in [0.25, 0.3) is 0 Å². The Kier molecular flexibility index (Phi) is 25.3. The van der Waals surface area contributed by atoms with Crippen LogP contribution in [0.2, 0.25) is 0 Å². The molecule has 0 saturated carbocycles. The molecule has 9 heteroatoms. The minimum absolute atomic E-state index is 0.0759. The number of nitrogens with zero attached hydrogens (tertiary/aromatic N) is 2. The Morgan fingerprint density at radius 2 is 1.52 bits per heavy atom. The molecule has 0 radical (unpaired) electrons. The van der Waals surface area contributed by atoms with Gasteiger partial charge in [0, 0.05) is 38.7 Å². The van der Waals surface area contributed by atoms with Crippen molar-refractivity contribution in [3.63, 3.8) is 0 Å². The molecule has 2 aromatic carbocycles. The zero-order chi connectivity index (χ0) is 30.6. The third kappa shape index (κ3) is 22.0. The lowest BCUT2D eigenvalue weighted by Gasteiger charge is -2.18. The molecular formula is C31H47N5O4. The van der Waals surface area contributed by atoms with Crippen LogP contribution in [0.5, 0.6) is 0 Å². The zero-order valence-corrected chi connectivity index (χ0v) is 24.8. The van der Waals surface area contributed by atoms with Crippen molar-refractivity contribution in [3.05, 3.63) is 66.2 Å². The van der Waals surface area contributed by atoms with Crippen LogP contribution in [0.3, 0.4) is 0 Å². The van der Waals surface area contributed by atoms with Crippen molar-refractivity contribution in [3.8, 4) is 6.07 Å². The Labute approximate surface area is 240 Å². The quantitative estimate of drug-likeness (QED) is 0.415. The van der Waals surface area contributed by atoms with Gasteiger partial charge < -0.3 is 25.6 Å². The fourth-order valence-electron chi connectivity index (χ4n) is 3.17. The van der Waals surface area contributed by atoms with Crippen molar-refractivity contribution in [2.45, 2.75) is 59.5 Å². The summed E-state index contributed by atoms with van der Waals surface area (Å²) >= 11 is 0. The minimum atomic E-state index is -0.288. The molecule has 1 saturated heterocycles. The number of benzene rings is 2. The lowest BCUT2D eigenvalue weighted by molar-refractivity contribution is -0.132. The van der Waals surface area contributed by atoms with Crippen LogP contribution in [0, 0.1) is 23.2 Å². The SMILES string of the molecule is CC(C)C.CC1CC(C#N)N(C(=O)CCC=O)C1.CNC=O.CNCc1ccccc1.O=CNc1ccccc1. The molecule has 0 spiro atoms. The smallest absolute Gasteiger partial charge is 0.224 e. The Morgan fingerprint density at radius 1 is 1.00 bits per heavy atom. The third-order valence-electron chi connectivity index (χ3n) is 4.80. The van der Waals surface area contributed by atoms with E-state index < -0.39 is 0 Å². The standard InChI is InChI=1S/C10H14N2O2.C8H11N.C7H7NO.C4H10.C2H5NO/c1-8-5-9(6-11)12(7-8)10(14)3-2-4-13;1-9-7-8-5-3-2-4-6-8;9-6-8-7-4-2-1-3-5-7;1-4(2)3;1-3-2-4/h4,8-9H,2-3,5,7H2,1H3;2-6,9H,7H2,1H3;1-6H,(H,8,9);4H,1-3H3;2H,1H3,(H,3,4). The second-order valence-corrected chi connectivity index (χ2v) is 9.52. The van der Waals surface area contributed by atoms with Crippen molar-refractivity contribution < 1.29 is 19.2 Å². The molecule has 0 aliphatic carbocycles. The van der Waals surface area contributed by atoms with Gasteiger partial charge in [0.1, 0.15) is 12.3 Å². The molecule has 220 valence electrons. The lowest BCUT2D eigenvalue weighted by atomic mass is 10.1. The van der Waals surface area contributed by atoms with E-state index in [1.807, 2.05) is 62.5 Å². The minimum Gasteiger partial charge on any atom is -0.362 e. The highest BCUT2D eigenvalue weighted by Gasteiger charge is 2.32. The van der Waals surface area contributed by atoms with E-state index in [0.29, 0.717) is 25.3 Å². The lowest BCUT2D eigenvalue weighted by Crippen LogP contribution is -2.34. The zero-order valence-electron chi connectivity index (χ0n) is 24.8. The summed E-state index contributed by atoms with van der Waals surface area (Å²) in [7, 11) is 3.51. The maximum Gasteiger partial charge on any atom is 0.224 e. The van der Waals surface area contributed by atoms with Crippen molar-refractivity contribution in [1.82, 2.24) is 15.5 Å². The van der Waals surface area contributed by atoms with Gasteiger partial charge in [-0.15, -0.1) is 0 Å². The Morgan fingerprint density at radius 3 is 1.95 bits per heavy atom. The van der Waals surface area contributed by atoms with E-state index in [2.05, 4.69) is 54.9 Å². The first-order valence-corrected chi connectivity index (χ1v) is 13.4. The number of nitrogens with one attached hydrogen (secondary N) is 3. The van der Waals surface area contributed by atoms with E-state index in [1.165, 1.54) is 5.56 Å². The normalized spacial score (nSPS) is 14.5. The summed E-state index contributed by atoms with van der Waals surface area (Å²) in [5.41, 5.74) is 2.16. The molecule has 1 aliphatic rings. The molecule has 3 N–H and O–H groups in total. The highest BCUT2D eigenvalue weighted by molar-refractivity contribution is 5.79. The molecule has 3 amide bonds.